The van der Waals surface area contributed by atoms with E-state index < -0.39 is 15.9 Å². The number of sulfonamides is 1. The highest BCUT2D eigenvalue weighted by Gasteiger charge is 2.32. The standard InChI is InChI=1S/C23H24ClN3O3S2/c1-2-17-3-7-19(8-4-17)25-23(28)22-21(11-16-31-22)32(29,30)27-14-12-26(13-15-27)20-9-5-18(24)6-10-20/h3-11,16H,2,12-15H2,1H3,(H,25,28). The van der Waals surface area contributed by atoms with Crippen molar-refractivity contribution in [3.05, 3.63) is 75.4 Å². The molecule has 0 atom stereocenters. The minimum absolute atomic E-state index is 0.0603. The molecular weight excluding hydrogens is 466 g/mol. The normalized spacial score (nSPS) is 15.0. The molecular formula is C23H24ClN3O3S2. The molecule has 1 aromatic heterocycles. The zero-order chi connectivity index (χ0) is 22.7. The Labute approximate surface area is 197 Å². The fourth-order valence-electron chi connectivity index (χ4n) is 3.66. The summed E-state index contributed by atoms with van der Waals surface area (Å²) in [7, 11) is -3.77. The minimum atomic E-state index is -3.77. The van der Waals surface area contributed by atoms with Crippen LogP contribution in [-0.4, -0.2) is 44.8 Å². The second-order valence-electron chi connectivity index (χ2n) is 7.49. The molecule has 4 rings (SSSR count). The van der Waals surface area contributed by atoms with Crippen LogP contribution in [0.2, 0.25) is 5.02 Å². The highest BCUT2D eigenvalue weighted by Crippen LogP contribution is 2.28. The van der Waals surface area contributed by atoms with Crippen LogP contribution in [0.5, 0.6) is 0 Å². The molecule has 0 bridgehead atoms. The molecule has 1 aliphatic heterocycles. The Bertz CT molecular complexity index is 1180. The van der Waals surface area contributed by atoms with Crippen LogP contribution in [-0.2, 0) is 16.4 Å². The summed E-state index contributed by atoms with van der Waals surface area (Å²) in [5.41, 5.74) is 2.82. The first kappa shape index (κ1) is 22.8. The smallest absolute Gasteiger partial charge is 0.267 e. The highest BCUT2D eigenvalue weighted by molar-refractivity contribution is 7.89. The van der Waals surface area contributed by atoms with E-state index in [-0.39, 0.29) is 9.77 Å². The van der Waals surface area contributed by atoms with Crippen molar-refractivity contribution >= 4 is 50.2 Å². The number of benzene rings is 2. The first-order valence-electron chi connectivity index (χ1n) is 10.4. The Morgan fingerprint density at radius 3 is 2.28 bits per heavy atom. The molecule has 1 N–H and O–H groups in total. The Morgan fingerprint density at radius 2 is 1.66 bits per heavy atom. The van der Waals surface area contributed by atoms with Gasteiger partial charge in [0.15, 0.2) is 0 Å². The Kier molecular flexibility index (Phi) is 6.85. The molecule has 1 aliphatic rings. The van der Waals surface area contributed by atoms with Crippen LogP contribution >= 0.6 is 22.9 Å². The van der Waals surface area contributed by atoms with Gasteiger partial charge < -0.3 is 10.2 Å². The van der Waals surface area contributed by atoms with Gasteiger partial charge in [0, 0.05) is 42.6 Å². The quantitative estimate of drug-likeness (QED) is 0.543. The summed E-state index contributed by atoms with van der Waals surface area (Å²) in [6.45, 7) is 3.89. The van der Waals surface area contributed by atoms with Gasteiger partial charge in [0.2, 0.25) is 10.0 Å². The summed E-state index contributed by atoms with van der Waals surface area (Å²) in [6.07, 6.45) is 0.910. The largest absolute Gasteiger partial charge is 0.369 e. The van der Waals surface area contributed by atoms with Gasteiger partial charge in [-0.05, 0) is 59.8 Å². The van der Waals surface area contributed by atoms with E-state index in [0.29, 0.717) is 36.9 Å². The second-order valence-corrected chi connectivity index (χ2v) is 10.7. The third kappa shape index (κ3) is 4.83. The third-order valence-electron chi connectivity index (χ3n) is 5.50. The van der Waals surface area contributed by atoms with Gasteiger partial charge in [-0.1, -0.05) is 30.7 Å². The van der Waals surface area contributed by atoms with Crippen LogP contribution in [0.1, 0.15) is 22.2 Å². The van der Waals surface area contributed by atoms with Gasteiger partial charge in [-0.3, -0.25) is 4.79 Å². The molecule has 0 radical (unpaired) electrons. The van der Waals surface area contributed by atoms with Crippen molar-refractivity contribution in [2.75, 3.05) is 36.4 Å². The van der Waals surface area contributed by atoms with Crippen LogP contribution in [0.15, 0.2) is 64.9 Å². The number of hydrogen-bond donors (Lipinski definition) is 1. The Hall–Kier alpha value is -2.39. The molecule has 3 aromatic rings. The topological polar surface area (TPSA) is 69.7 Å². The molecule has 168 valence electrons. The fraction of sp³-hybridized carbons (Fsp3) is 0.261. The van der Waals surface area contributed by atoms with Crippen molar-refractivity contribution in [3.63, 3.8) is 0 Å². The molecule has 0 saturated carbocycles. The number of rotatable bonds is 6. The monoisotopic (exact) mass is 489 g/mol. The molecule has 0 spiro atoms. The van der Waals surface area contributed by atoms with Gasteiger partial charge in [-0.25, -0.2) is 8.42 Å². The van der Waals surface area contributed by atoms with Crippen molar-refractivity contribution in [2.24, 2.45) is 0 Å². The number of carbonyl (C=O) groups is 1. The first-order chi connectivity index (χ1) is 15.4. The maximum absolute atomic E-state index is 13.3. The predicted octanol–water partition coefficient (Wildman–Crippen LogP) is 4.73. The SMILES string of the molecule is CCc1ccc(NC(=O)c2sccc2S(=O)(=O)N2CCN(c3ccc(Cl)cc3)CC2)cc1. The van der Waals surface area contributed by atoms with Gasteiger partial charge in [-0.2, -0.15) is 4.31 Å². The van der Waals surface area contributed by atoms with Crippen LogP contribution in [0.4, 0.5) is 11.4 Å². The lowest BCUT2D eigenvalue weighted by molar-refractivity contribution is 0.102. The summed E-state index contributed by atoms with van der Waals surface area (Å²) < 4.78 is 28.1. The summed E-state index contributed by atoms with van der Waals surface area (Å²) in [6, 6.07) is 16.6. The van der Waals surface area contributed by atoms with E-state index >= 15 is 0 Å². The summed E-state index contributed by atoms with van der Waals surface area (Å²) in [5, 5.41) is 5.12. The van der Waals surface area contributed by atoms with Crippen molar-refractivity contribution in [1.82, 2.24) is 4.31 Å². The second kappa shape index (κ2) is 9.62. The lowest BCUT2D eigenvalue weighted by Crippen LogP contribution is -2.48. The predicted molar refractivity (Wildman–Crippen MR) is 131 cm³/mol. The van der Waals surface area contributed by atoms with Crippen molar-refractivity contribution in [2.45, 2.75) is 18.2 Å². The molecule has 0 aliphatic carbocycles. The number of piperazine rings is 1. The van der Waals surface area contributed by atoms with Crippen molar-refractivity contribution < 1.29 is 13.2 Å². The zero-order valence-corrected chi connectivity index (χ0v) is 20.0. The maximum Gasteiger partial charge on any atom is 0.267 e. The number of aryl methyl sites for hydroxylation is 1. The van der Waals surface area contributed by atoms with Crippen LogP contribution < -0.4 is 10.2 Å². The third-order valence-corrected chi connectivity index (χ3v) is 8.74. The Morgan fingerprint density at radius 1 is 1.00 bits per heavy atom. The average molecular weight is 490 g/mol. The van der Waals surface area contributed by atoms with Crippen LogP contribution in [0, 0.1) is 0 Å². The van der Waals surface area contributed by atoms with Gasteiger partial charge in [0.05, 0.1) is 0 Å². The molecule has 1 amide bonds. The van der Waals surface area contributed by atoms with Gasteiger partial charge in [0.1, 0.15) is 9.77 Å². The fourth-order valence-corrected chi connectivity index (χ4v) is 6.50. The molecule has 1 saturated heterocycles. The molecule has 1 fully saturated rings. The summed E-state index contributed by atoms with van der Waals surface area (Å²) in [5.74, 6) is -0.414. The summed E-state index contributed by atoms with van der Waals surface area (Å²) >= 11 is 7.09. The Balaban J connectivity index is 1.46. The number of nitrogens with one attached hydrogen (secondary N) is 1. The van der Waals surface area contributed by atoms with E-state index in [4.69, 9.17) is 11.6 Å². The van der Waals surface area contributed by atoms with Crippen LogP contribution in [0.3, 0.4) is 0 Å². The van der Waals surface area contributed by atoms with E-state index in [1.807, 2.05) is 48.5 Å². The maximum atomic E-state index is 13.3. The first-order valence-corrected chi connectivity index (χ1v) is 13.1. The molecule has 32 heavy (non-hydrogen) atoms. The highest BCUT2D eigenvalue weighted by atomic mass is 35.5. The number of amides is 1. The van der Waals surface area contributed by atoms with Gasteiger partial charge in [-0.15, -0.1) is 11.3 Å². The number of thiophene rings is 1. The number of carbonyl (C=O) groups excluding carboxylic acids is 1. The number of nitrogens with zero attached hydrogens (tertiary/aromatic N) is 2. The van der Waals surface area contributed by atoms with E-state index in [2.05, 4.69) is 17.1 Å². The number of halogens is 1. The lowest BCUT2D eigenvalue weighted by Gasteiger charge is -2.35. The van der Waals surface area contributed by atoms with Crippen LogP contribution in [0.25, 0.3) is 0 Å². The zero-order valence-electron chi connectivity index (χ0n) is 17.6. The van der Waals surface area contributed by atoms with E-state index in [0.717, 1.165) is 23.4 Å². The molecule has 2 aromatic carbocycles. The van der Waals surface area contributed by atoms with E-state index in [1.165, 1.54) is 15.9 Å². The molecule has 0 unspecified atom stereocenters. The molecule has 2 heterocycles. The molecule has 6 nitrogen and oxygen atoms in total. The van der Waals surface area contributed by atoms with Gasteiger partial charge >= 0.3 is 0 Å². The van der Waals surface area contributed by atoms with Gasteiger partial charge in [0.25, 0.3) is 5.91 Å². The average Bonchev–Trinajstić information content (AvgIpc) is 3.31. The van der Waals surface area contributed by atoms with E-state index in [9.17, 15) is 13.2 Å². The molecule has 9 heteroatoms. The van der Waals surface area contributed by atoms with E-state index in [1.54, 1.807) is 5.38 Å². The van der Waals surface area contributed by atoms with Crippen molar-refractivity contribution in [1.29, 1.82) is 0 Å². The minimum Gasteiger partial charge on any atom is -0.369 e. The lowest BCUT2D eigenvalue weighted by atomic mass is 10.1. The number of hydrogen-bond acceptors (Lipinski definition) is 5. The number of anilines is 2. The van der Waals surface area contributed by atoms with Crippen molar-refractivity contribution in [3.8, 4) is 0 Å². The summed E-state index contributed by atoms with van der Waals surface area (Å²) in [4.78, 5) is 15.2.